The highest BCUT2D eigenvalue weighted by molar-refractivity contribution is 5.79. The van der Waals surface area contributed by atoms with Crippen LogP contribution in [0.25, 0.3) is 0 Å². The molecule has 0 bridgehead atoms. The number of rotatable bonds is 3. The van der Waals surface area contributed by atoms with Crippen LogP contribution in [0.1, 0.15) is 11.1 Å². The van der Waals surface area contributed by atoms with Gasteiger partial charge in [0.05, 0.1) is 6.21 Å². The van der Waals surface area contributed by atoms with Crippen molar-refractivity contribution in [2.45, 2.75) is 6.54 Å². The van der Waals surface area contributed by atoms with Crippen molar-refractivity contribution >= 4 is 12.3 Å². The molecule has 0 aliphatic rings. The molecule has 0 aromatic heterocycles. The molecule has 0 radical (unpaired) electrons. The van der Waals surface area contributed by atoms with E-state index in [2.05, 4.69) is 9.99 Å². The van der Waals surface area contributed by atoms with Gasteiger partial charge in [-0.25, -0.2) is 4.79 Å². The van der Waals surface area contributed by atoms with Gasteiger partial charge >= 0.3 is 6.09 Å². The Bertz CT molecular complexity index is 375. The average molecular weight is 223 g/mol. The van der Waals surface area contributed by atoms with Crippen LogP contribution in [0, 0.1) is 0 Å². The van der Waals surface area contributed by atoms with Crippen LogP contribution in [-0.2, 0) is 11.4 Å². The van der Waals surface area contributed by atoms with Crippen LogP contribution < -0.4 is 5.90 Å². The van der Waals surface area contributed by atoms with Gasteiger partial charge in [-0.3, -0.25) is 0 Å². The summed E-state index contributed by atoms with van der Waals surface area (Å²) in [6.07, 6.45) is 0.725. The van der Waals surface area contributed by atoms with Gasteiger partial charge in [0.25, 0.3) is 0 Å². The minimum Gasteiger partial charge on any atom is -0.411 e. The Kier molecular flexibility index (Phi) is 4.28. The van der Waals surface area contributed by atoms with E-state index in [0.717, 1.165) is 11.1 Å². The zero-order valence-corrected chi connectivity index (χ0v) is 8.83. The van der Waals surface area contributed by atoms with E-state index in [1.807, 2.05) is 12.1 Å². The van der Waals surface area contributed by atoms with Crippen LogP contribution in [-0.4, -0.2) is 29.5 Å². The molecule has 86 valence electrons. The Morgan fingerprint density at radius 2 is 2.19 bits per heavy atom. The first kappa shape index (κ1) is 12.0. The molecule has 0 saturated carbocycles. The van der Waals surface area contributed by atoms with Crippen LogP contribution in [0.3, 0.4) is 0 Å². The molecule has 0 unspecified atom stereocenters. The number of carbonyl (C=O) groups excluding carboxylic acids is 1. The number of benzene rings is 1. The molecule has 0 aliphatic carbocycles. The maximum atomic E-state index is 11.0. The minimum atomic E-state index is -0.596. The third kappa shape index (κ3) is 3.25. The highest BCUT2D eigenvalue weighted by atomic mass is 16.7. The summed E-state index contributed by atoms with van der Waals surface area (Å²) in [6.45, 7) is 0.395. The monoisotopic (exact) mass is 223 g/mol. The lowest BCUT2D eigenvalue weighted by atomic mass is 10.1. The molecular formula is C10H13N3O3. The van der Waals surface area contributed by atoms with Gasteiger partial charge in [-0.15, -0.1) is 0 Å². The van der Waals surface area contributed by atoms with Gasteiger partial charge < -0.3 is 14.9 Å². The van der Waals surface area contributed by atoms with E-state index in [1.165, 1.54) is 11.1 Å². The molecule has 0 heterocycles. The zero-order valence-electron chi connectivity index (χ0n) is 8.83. The van der Waals surface area contributed by atoms with Crippen molar-refractivity contribution in [3.8, 4) is 0 Å². The summed E-state index contributed by atoms with van der Waals surface area (Å²) < 4.78 is 0. The van der Waals surface area contributed by atoms with E-state index < -0.39 is 6.09 Å². The lowest BCUT2D eigenvalue weighted by Crippen LogP contribution is -2.28. The van der Waals surface area contributed by atoms with E-state index in [9.17, 15) is 4.79 Å². The Hall–Kier alpha value is -2.08. The normalized spacial score (nSPS) is 10.4. The van der Waals surface area contributed by atoms with Crippen molar-refractivity contribution in [3.63, 3.8) is 0 Å². The summed E-state index contributed by atoms with van der Waals surface area (Å²) >= 11 is 0. The highest BCUT2D eigenvalue weighted by Crippen LogP contribution is 2.06. The first-order chi connectivity index (χ1) is 7.67. The van der Waals surface area contributed by atoms with Gasteiger partial charge in [-0.05, 0) is 11.1 Å². The standard InChI is InChI=1S/C10H13N3O3/c1-13(10(14)16-11)7-9-4-2-8(3-5-9)6-12-15/h2-6,15H,7,11H2,1H3. The second kappa shape index (κ2) is 5.72. The number of hydrogen-bond acceptors (Lipinski definition) is 5. The fourth-order valence-electron chi connectivity index (χ4n) is 1.20. The number of oxime groups is 1. The molecule has 0 atom stereocenters. The second-order valence-corrected chi connectivity index (χ2v) is 3.23. The van der Waals surface area contributed by atoms with Gasteiger partial charge in [0.1, 0.15) is 0 Å². The maximum Gasteiger partial charge on any atom is 0.428 e. The Labute approximate surface area is 92.9 Å². The second-order valence-electron chi connectivity index (χ2n) is 3.23. The zero-order chi connectivity index (χ0) is 12.0. The van der Waals surface area contributed by atoms with Gasteiger partial charge in [-0.2, -0.15) is 5.90 Å². The predicted octanol–water partition coefficient (Wildman–Crippen LogP) is 0.937. The molecule has 6 nitrogen and oxygen atoms in total. The number of hydrogen-bond donors (Lipinski definition) is 2. The van der Waals surface area contributed by atoms with E-state index in [1.54, 1.807) is 19.2 Å². The van der Waals surface area contributed by atoms with Crippen LogP contribution >= 0.6 is 0 Å². The van der Waals surface area contributed by atoms with Gasteiger partial charge in [0.15, 0.2) is 0 Å². The molecule has 1 aromatic carbocycles. The molecule has 0 saturated heterocycles. The van der Waals surface area contributed by atoms with E-state index in [0.29, 0.717) is 6.54 Å². The number of carbonyl (C=O) groups is 1. The van der Waals surface area contributed by atoms with E-state index in [-0.39, 0.29) is 0 Å². The Balaban J connectivity index is 2.65. The Morgan fingerprint density at radius 3 is 2.69 bits per heavy atom. The van der Waals surface area contributed by atoms with E-state index >= 15 is 0 Å². The van der Waals surface area contributed by atoms with Crippen molar-refractivity contribution in [1.82, 2.24) is 4.90 Å². The Morgan fingerprint density at radius 1 is 1.56 bits per heavy atom. The summed E-state index contributed by atoms with van der Waals surface area (Å²) in [6, 6.07) is 7.18. The predicted molar refractivity (Wildman–Crippen MR) is 58.0 cm³/mol. The third-order valence-electron chi connectivity index (χ3n) is 2.02. The number of nitrogens with two attached hydrogens (primary N) is 1. The first-order valence-corrected chi connectivity index (χ1v) is 4.55. The largest absolute Gasteiger partial charge is 0.428 e. The fraction of sp³-hybridized carbons (Fsp3) is 0.200. The lowest BCUT2D eigenvalue weighted by molar-refractivity contribution is 0.110. The molecule has 16 heavy (non-hydrogen) atoms. The van der Waals surface area contributed by atoms with Crippen LogP contribution in [0.15, 0.2) is 29.4 Å². The van der Waals surface area contributed by atoms with Crippen molar-refractivity contribution in [1.29, 1.82) is 0 Å². The van der Waals surface area contributed by atoms with Gasteiger partial charge in [-0.1, -0.05) is 29.4 Å². The molecule has 1 aromatic rings. The minimum absolute atomic E-state index is 0.395. The van der Waals surface area contributed by atoms with E-state index in [4.69, 9.17) is 11.1 Å². The van der Waals surface area contributed by atoms with Crippen molar-refractivity contribution in [2.24, 2.45) is 11.1 Å². The summed E-state index contributed by atoms with van der Waals surface area (Å²) in [5, 5.41) is 11.2. The molecule has 1 rings (SSSR count). The summed E-state index contributed by atoms with van der Waals surface area (Å²) in [5.74, 6) is 4.75. The maximum absolute atomic E-state index is 11.0. The smallest absolute Gasteiger partial charge is 0.411 e. The van der Waals surface area contributed by atoms with Crippen LogP contribution in [0.5, 0.6) is 0 Å². The SMILES string of the molecule is CN(Cc1ccc(C=NO)cc1)C(=O)ON. The quantitative estimate of drug-likeness (QED) is 0.453. The van der Waals surface area contributed by atoms with Crippen molar-refractivity contribution < 1.29 is 14.8 Å². The topological polar surface area (TPSA) is 88.1 Å². The molecular weight excluding hydrogens is 210 g/mol. The third-order valence-corrected chi connectivity index (χ3v) is 2.02. The lowest BCUT2D eigenvalue weighted by Gasteiger charge is -2.14. The summed E-state index contributed by atoms with van der Waals surface area (Å²) in [4.78, 5) is 16.4. The van der Waals surface area contributed by atoms with Crippen molar-refractivity contribution in [2.75, 3.05) is 7.05 Å². The van der Waals surface area contributed by atoms with Crippen LogP contribution in [0.2, 0.25) is 0 Å². The number of nitrogens with zero attached hydrogens (tertiary/aromatic N) is 2. The molecule has 6 heteroatoms. The molecule has 0 fully saturated rings. The highest BCUT2D eigenvalue weighted by Gasteiger charge is 2.08. The first-order valence-electron chi connectivity index (χ1n) is 4.55. The fourth-order valence-corrected chi connectivity index (χ4v) is 1.20. The summed E-state index contributed by atoms with van der Waals surface area (Å²) in [7, 11) is 1.58. The van der Waals surface area contributed by atoms with Crippen molar-refractivity contribution in [3.05, 3.63) is 35.4 Å². The molecule has 1 amide bonds. The van der Waals surface area contributed by atoms with Gasteiger partial charge in [0.2, 0.25) is 0 Å². The number of amides is 1. The molecule has 3 N–H and O–H groups in total. The average Bonchev–Trinajstić information content (AvgIpc) is 2.31. The molecule has 0 spiro atoms. The van der Waals surface area contributed by atoms with Gasteiger partial charge in [0, 0.05) is 13.6 Å². The van der Waals surface area contributed by atoms with Crippen LogP contribution in [0.4, 0.5) is 4.79 Å². The summed E-state index contributed by atoms with van der Waals surface area (Å²) in [5.41, 5.74) is 1.69. The molecule has 0 aliphatic heterocycles.